The Labute approximate surface area is 235 Å². The monoisotopic (exact) mass is 550 g/mol. The largest absolute Gasteiger partial charge is 0.476 e. The lowest BCUT2D eigenvalue weighted by atomic mass is 10.1. The number of carbonyl (C=O) groups excluding carboxylic acids is 1. The number of ketones is 1. The lowest BCUT2D eigenvalue weighted by Crippen LogP contribution is -2.42. The molecule has 0 amide bonds. The second-order valence-electron chi connectivity index (χ2n) is 9.88. The molecule has 0 aliphatic carbocycles. The van der Waals surface area contributed by atoms with Crippen LogP contribution < -0.4 is 24.8 Å². The zero-order valence-corrected chi connectivity index (χ0v) is 23.4. The smallest absolute Gasteiger partial charge is 0.471 e. The van der Waals surface area contributed by atoms with E-state index in [0.29, 0.717) is 37.8 Å². The number of fused-ring (bicyclic) bond motifs is 1. The fourth-order valence-corrected chi connectivity index (χ4v) is 4.71. The zero-order valence-electron chi connectivity index (χ0n) is 23.4. The molecule has 0 bridgehead atoms. The molecule has 0 saturated carbocycles. The average molecular weight is 551 g/mol. The molecular formula is C29H40N7O4+. The Morgan fingerprint density at radius 3 is 2.85 bits per heavy atom. The molecule has 11 nitrogen and oxygen atoms in total. The molecule has 3 aromatic heterocycles. The van der Waals surface area contributed by atoms with Crippen molar-refractivity contribution in [1.29, 1.82) is 0 Å². The van der Waals surface area contributed by atoms with Crippen LogP contribution in [0.4, 0.5) is 11.6 Å². The molecule has 1 aliphatic rings. The van der Waals surface area contributed by atoms with Crippen LogP contribution in [0.3, 0.4) is 0 Å². The van der Waals surface area contributed by atoms with Gasteiger partial charge in [-0.2, -0.15) is 0 Å². The van der Waals surface area contributed by atoms with Crippen LogP contribution in [0.2, 0.25) is 0 Å². The van der Waals surface area contributed by atoms with Crippen molar-refractivity contribution in [1.82, 2.24) is 19.9 Å². The quantitative estimate of drug-likeness (QED) is 0.139. The Kier molecular flexibility index (Phi) is 10.9. The topological polar surface area (TPSA) is 126 Å². The van der Waals surface area contributed by atoms with Crippen LogP contribution in [0, 0.1) is 0 Å². The van der Waals surface area contributed by atoms with Crippen molar-refractivity contribution in [2.75, 3.05) is 50.5 Å². The molecule has 0 saturated heterocycles. The van der Waals surface area contributed by atoms with E-state index in [4.69, 9.17) is 14.5 Å². The summed E-state index contributed by atoms with van der Waals surface area (Å²) in [6.07, 6.45) is 8.96. The summed E-state index contributed by atoms with van der Waals surface area (Å²) in [7, 11) is 1.42. The van der Waals surface area contributed by atoms with E-state index in [0.717, 1.165) is 61.4 Å². The molecule has 1 aliphatic heterocycles. The van der Waals surface area contributed by atoms with Crippen molar-refractivity contribution in [3.63, 3.8) is 0 Å². The number of hydrogen-bond acceptors (Lipinski definition) is 10. The lowest BCUT2D eigenvalue weighted by molar-refractivity contribution is -0.897. The number of Topliss-reactive ketones (excluding diaryl/α,β-unsaturated/α-hetero) is 1. The lowest BCUT2D eigenvalue weighted by Gasteiger charge is -2.24. The third-order valence-corrected chi connectivity index (χ3v) is 6.96. The van der Waals surface area contributed by atoms with Crippen molar-refractivity contribution in [2.45, 2.75) is 51.5 Å². The molecule has 0 radical (unpaired) electrons. The highest BCUT2D eigenvalue weighted by atomic mass is 16.6. The Balaban J connectivity index is 1.32. The molecule has 4 heterocycles. The van der Waals surface area contributed by atoms with Crippen LogP contribution in [0.1, 0.15) is 43.9 Å². The van der Waals surface area contributed by atoms with Crippen LogP contribution >= 0.6 is 0 Å². The van der Waals surface area contributed by atoms with Crippen LogP contribution in [0.5, 0.6) is 11.9 Å². The number of nitrogens with zero attached hydrogens (tertiary/aromatic N) is 5. The predicted octanol–water partition coefficient (Wildman–Crippen LogP) is 2.93. The van der Waals surface area contributed by atoms with Gasteiger partial charge in [0.1, 0.15) is 24.7 Å². The SMILES string of the molecule is COc1nccc(N[C@@H](CCN(CCCCc2ccc3c(n2)NCCC3)CCOc2ccccn2)C(C)=O)[n+]1O. The number of unbranched alkanes of at least 4 members (excludes halogenated alkanes) is 1. The molecule has 4 rings (SSSR count). The summed E-state index contributed by atoms with van der Waals surface area (Å²) in [6.45, 7) is 5.27. The molecule has 1 atom stereocenters. The van der Waals surface area contributed by atoms with E-state index in [1.54, 1.807) is 19.2 Å². The van der Waals surface area contributed by atoms with Crippen molar-refractivity contribution >= 4 is 17.4 Å². The molecule has 0 aromatic carbocycles. The fraction of sp³-hybridized carbons (Fsp3) is 0.483. The van der Waals surface area contributed by atoms with Crippen LogP contribution in [0.15, 0.2) is 48.8 Å². The summed E-state index contributed by atoms with van der Waals surface area (Å²) in [5.74, 6) is 1.95. The number of pyridine rings is 2. The van der Waals surface area contributed by atoms with Crippen LogP contribution in [-0.2, 0) is 17.6 Å². The van der Waals surface area contributed by atoms with Gasteiger partial charge in [-0.3, -0.25) is 15.0 Å². The van der Waals surface area contributed by atoms with Gasteiger partial charge < -0.3 is 20.0 Å². The Hall–Kier alpha value is -3.99. The first-order chi connectivity index (χ1) is 19.5. The van der Waals surface area contributed by atoms with Gasteiger partial charge >= 0.3 is 6.01 Å². The number of rotatable bonds is 16. The number of aromatic nitrogens is 4. The van der Waals surface area contributed by atoms with Gasteiger partial charge in [-0.15, -0.1) is 0 Å². The number of hydrogen-bond donors (Lipinski definition) is 3. The van der Waals surface area contributed by atoms with Gasteiger partial charge in [-0.25, -0.2) is 9.97 Å². The first-order valence-electron chi connectivity index (χ1n) is 13.9. The van der Waals surface area contributed by atoms with Crippen LogP contribution in [0.25, 0.3) is 0 Å². The normalized spacial score (nSPS) is 13.3. The van der Waals surface area contributed by atoms with E-state index in [1.807, 2.05) is 18.2 Å². The summed E-state index contributed by atoms with van der Waals surface area (Å²) in [4.78, 5) is 27.8. The molecule has 3 N–H and O–H groups in total. The maximum Gasteiger partial charge on any atom is 0.471 e. The van der Waals surface area contributed by atoms with E-state index >= 15 is 0 Å². The summed E-state index contributed by atoms with van der Waals surface area (Å²) in [6, 6.07) is 11.1. The first kappa shape index (κ1) is 29.0. The standard InChI is InChI=1S/C29H39N7O4/c1-22(37)25(34-26-13-17-32-29(39-2)36(26)38)14-19-35(20-21-40-27-10-3-5-15-30-27)18-6-4-9-24-12-11-23-8-7-16-31-28(23)33-24/h3,5,10-13,15,17,25,38H,4,6-9,14,16,18-21H2,1-2H3,(H,31,33)/p+1/t25-/m0/s1. The number of ether oxygens (including phenoxy) is 2. The highest BCUT2D eigenvalue weighted by Gasteiger charge is 2.23. The fourth-order valence-electron chi connectivity index (χ4n) is 4.71. The number of aryl methyl sites for hydroxylation is 2. The minimum Gasteiger partial charge on any atom is -0.476 e. The third kappa shape index (κ3) is 8.51. The van der Waals surface area contributed by atoms with Gasteiger partial charge in [0.05, 0.1) is 7.11 Å². The average Bonchev–Trinajstić information content (AvgIpc) is 2.98. The van der Waals surface area contributed by atoms with Gasteiger partial charge in [-0.1, -0.05) is 17.1 Å². The van der Waals surface area contributed by atoms with Gasteiger partial charge in [0.15, 0.2) is 5.78 Å². The Morgan fingerprint density at radius 2 is 2.05 bits per heavy atom. The second kappa shape index (κ2) is 15.0. The number of anilines is 2. The molecular weight excluding hydrogens is 510 g/mol. The maximum atomic E-state index is 12.5. The molecule has 40 heavy (non-hydrogen) atoms. The molecule has 0 unspecified atom stereocenters. The third-order valence-electron chi connectivity index (χ3n) is 6.96. The Bertz CT molecular complexity index is 1230. The van der Waals surface area contributed by atoms with Crippen molar-refractivity contribution in [3.05, 3.63) is 60.0 Å². The highest BCUT2D eigenvalue weighted by molar-refractivity contribution is 5.83. The van der Waals surface area contributed by atoms with Gasteiger partial charge in [0.2, 0.25) is 5.88 Å². The van der Waals surface area contributed by atoms with Crippen molar-refractivity contribution in [3.8, 4) is 11.9 Å². The van der Waals surface area contributed by atoms with E-state index in [2.05, 4.69) is 37.6 Å². The molecule has 0 fully saturated rings. The van der Waals surface area contributed by atoms with Crippen LogP contribution in [-0.4, -0.2) is 76.8 Å². The minimum absolute atomic E-state index is 0.0208. The van der Waals surface area contributed by atoms with Gasteiger partial charge in [-0.05, 0) is 68.0 Å². The van der Waals surface area contributed by atoms with Crippen molar-refractivity contribution in [2.24, 2.45) is 0 Å². The second-order valence-corrected chi connectivity index (χ2v) is 9.88. The first-order valence-corrected chi connectivity index (χ1v) is 13.9. The predicted molar refractivity (Wildman–Crippen MR) is 151 cm³/mol. The van der Waals surface area contributed by atoms with E-state index in [-0.39, 0.29) is 11.8 Å². The summed E-state index contributed by atoms with van der Waals surface area (Å²) >= 11 is 0. The molecule has 11 heteroatoms. The molecule has 0 spiro atoms. The molecule has 3 aromatic rings. The highest BCUT2D eigenvalue weighted by Crippen LogP contribution is 2.20. The number of carbonyl (C=O) groups is 1. The Morgan fingerprint density at radius 1 is 1.15 bits per heavy atom. The van der Waals surface area contributed by atoms with E-state index in [9.17, 15) is 10.0 Å². The van der Waals surface area contributed by atoms with E-state index < -0.39 is 6.04 Å². The summed E-state index contributed by atoms with van der Waals surface area (Å²) in [5.41, 5.74) is 2.42. The maximum absolute atomic E-state index is 12.5. The minimum atomic E-state index is -0.489. The summed E-state index contributed by atoms with van der Waals surface area (Å²) in [5, 5.41) is 16.9. The van der Waals surface area contributed by atoms with E-state index in [1.165, 1.54) is 18.9 Å². The number of methoxy groups -OCH3 is 1. The summed E-state index contributed by atoms with van der Waals surface area (Å²) < 4.78 is 11.7. The molecule has 214 valence electrons. The van der Waals surface area contributed by atoms with Gasteiger partial charge in [0.25, 0.3) is 5.82 Å². The van der Waals surface area contributed by atoms with Crippen molar-refractivity contribution < 1.29 is 24.2 Å². The number of nitrogens with one attached hydrogen (secondary N) is 2. The zero-order chi connectivity index (χ0) is 28.2. The van der Waals surface area contributed by atoms with Gasteiger partial charge in [0, 0.05) is 50.1 Å².